The molecule has 4 N–H and O–H groups in total. The lowest BCUT2D eigenvalue weighted by Crippen LogP contribution is -2.51. The Morgan fingerprint density at radius 3 is 1.77 bits per heavy atom. The van der Waals surface area contributed by atoms with E-state index >= 15 is 8.78 Å². The fraction of sp³-hybridized carbons (Fsp3) is 0.464. The molecule has 2 aromatic heterocycles. The van der Waals surface area contributed by atoms with Crippen molar-refractivity contribution in [3.05, 3.63) is 119 Å². The van der Waals surface area contributed by atoms with Crippen LogP contribution in [0, 0.1) is 23.5 Å². The molecule has 4 saturated heterocycles. The molecule has 4 aliphatic heterocycles. The molecule has 0 spiro atoms. The maximum atomic E-state index is 16.8. The Balaban J connectivity index is 0.976. The normalized spacial score (nSPS) is 21.9. The van der Waals surface area contributed by atoms with Gasteiger partial charge in [0.15, 0.2) is 11.6 Å². The number of rotatable bonds is 13. The van der Waals surface area contributed by atoms with Crippen LogP contribution < -0.4 is 15.1 Å². The van der Waals surface area contributed by atoms with Crippen LogP contribution in [-0.2, 0) is 14.3 Å². The molecule has 6 aromatic rings. The zero-order valence-electron chi connectivity index (χ0n) is 42.9. The van der Waals surface area contributed by atoms with Crippen molar-refractivity contribution in [3.8, 4) is 0 Å². The predicted octanol–water partition coefficient (Wildman–Crippen LogP) is 10.1. The number of benzene rings is 4. The van der Waals surface area contributed by atoms with Crippen LogP contribution in [0.4, 0.5) is 29.7 Å². The van der Waals surface area contributed by atoms with Crippen molar-refractivity contribution in [1.82, 2.24) is 40.0 Å². The van der Waals surface area contributed by atoms with Crippen molar-refractivity contribution in [1.29, 1.82) is 0 Å². The summed E-state index contributed by atoms with van der Waals surface area (Å²) in [7, 11) is 2.70. The molecule has 6 heterocycles. The van der Waals surface area contributed by atoms with Crippen LogP contribution in [0.1, 0.15) is 131 Å². The van der Waals surface area contributed by atoms with Gasteiger partial charge in [0, 0.05) is 44.8 Å². The molecular weight excluding hydrogens is 947 g/mol. The van der Waals surface area contributed by atoms with Crippen molar-refractivity contribution >= 4 is 57.4 Å². The second kappa shape index (κ2) is 20.6. The van der Waals surface area contributed by atoms with Gasteiger partial charge in [-0.2, -0.15) is 0 Å². The third kappa shape index (κ3) is 9.47. The highest BCUT2D eigenvalue weighted by Gasteiger charge is 2.42. The van der Waals surface area contributed by atoms with Crippen molar-refractivity contribution in [2.24, 2.45) is 11.8 Å². The Morgan fingerprint density at radius 1 is 0.703 bits per heavy atom. The molecule has 4 fully saturated rings. The number of methoxy groups -OCH3 is 1. The van der Waals surface area contributed by atoms with Gasteiger partial charge in [0.1, 0.15) is 29.4 Å². The third-order valence-corrected chi connectivity index (χ3v) is 16.0. The van der Waals surface area contributed by atoms with E-state index in [1.165, 1.54) is 26.3 Å². The van der Waals surface area contributed by atoms with E-state index in [-0.39, 0.29) is 59.4 Å². The lowest BCUT2D eigenvalue weighted by Gasteiger charge is -2.34. The van der Waals surface area contributed by atoms with E-state index in [1.54, 1.807) is 9.80 Å². The minimum atomic E-state index is -1.16. The molecule has 0 saturated carbocycles. The molecule has 0 bridgehead atoms. The molecule has 4 aromatic carbocycles. The zero-order valence-corrected chi connectivity index (χ0v) is 42.9. The smallest absolute Gasteiger partial charge is 0.407 e. The number of hydrogen-bond donors (Lipinski definition) is 4. The first-order valence-corrected chi connectivity index (χ1v) is 26.1. The number of H-pyrrole nitrogens is 2. The van der Waals surface area contributed by atoms with E-state index in [0.29, 0.717) is 74.7 Å². The van der Waals surface area contributed by atoms with E-state index in [9.17, 15) is 24.3 Å². The number of likely N-dealkylation sites (tertiary alicyclic amines) is 2. The number of aromatic amines is 2. The number of imidazole rings is 2. The zero-order chi connectivity index (χ0) is 52.1. The van der Waals surface area contributed by atoms with E-state index in [1.807, 2.05) is 81.1 Å². The standard InChI is InChI=1S/C56H66F2N10O6/c1-31(2)48(63-55(71)74-6)53(69)66-23-10-14-46(66)51-59-40-18-16-34(26-42(40)61-51)44-20-21-45(68(44)37-28-38(57)50(39(58)29-37)65-25-22-36(30-65)33-12-8-7-9-13-33)35-17-19-41-43(27-35)62-52(60-41)47-15-11-24-67(47)54(70)49(32(3)4)64(5)56(72)73/h7-9,12-13,16-19,26-29,31-32,36,44-49H,10-11,14-15,20-25,30H2,1-6H3,(H,59,61)(H,60,62)(H,63,71)(H,72,73)/t36?,44-,45-,46+,47+,48+,49+/m1/s1. The summed E-state index contributed by atoms with van der Waals surface area (Å²) < 4.78 is 38.4. The molecule has 16 nitrogen and oxygen atoms in total. The second-order valence-electron chi connectivity index (χ2n) is 21.2. The van der Waals surface area contributed by atoms with Gasteiger partial charge in [-0.15, -0.1) is 0 Å². The first-order chi connectivity index (χ1) is 35.6. The van der Waals surface area contributed by atoms with Gasteiger partial charge in [0.2, 0.25) is 11.8 Å². The van der Waals surface area contributed by atoms with Gasteiger partial charge in [0.25, 0.3) is 0 Å². The number of nitrogens with zero attached hydrogens (tertiary/aromatic N) is 7. The second-order valence-corrected chi connectivity index (χ2v) is 21.2. The monoisotopic (exact) mass is 1010 g/mol. The minimum Gasteiger partial charge on any atom is -0.465 e. The molecule has 1 unspecified atom stereocenters. The summed E-state index contributed by atoms with van der Waals surface area (Å²) in [6.45, 7) is 9.48. The fourth-order valence-corrected chi connectivity index (χ4v) is 12.3. The number of fused-ring (bicyclic) bond motifs is 2. The van der Waals surface area contributed by atoms with E-state index < -0.39 is 35.9 Å². The summed E-state index contributed by atoms with van der Waals surface area (Å²) in [5.41, 5.74) is 6.33. The SMILES string of the molecule is COC(=O)N[C@H](C(=O)N1CCC[C@H]1c1nc2ccc([C@H]3CC[C@H](c4ccc5nc([C@@H]6CCCN6C(=O)[C@H](C(C)C)N(C)C(=O)O)[nH]c5c4)N3c3cc(F)c(N4CCC(c5ccccc5)C4)c(F)c3)cc2[nH]1)C(C)C. The van der Waals surface area contributed by atoms with Gasteiger partial charge in [-0.25, -0.2) is 28.3 Å². The van der Waals surface area contributed by atoms with Gasteiger partial charge in [-0.05, 0) is 110 Å². The summed E-state index contributed by atoms with van der Waals surface area (Å²) in [5, 5.41) is 12.5. The van der Waals surface area contributed by atoms with Crippen LogP contribution >= 0.6 is 0 Å². The number of nitrogens with one attached hydrogen (secondary N) is 3. The van der Waals surface area contributed by atoms with Crippen molar-refractivity contribution < 1.29 is 37.8 Å². The van der Waals surface area contributed by atoms with Gasteiger partial charge < -0.3 is 44.7 Å². The number of hydrogen-bond acceptors (Lipinski definition) is 9. The van der Waals surface area contributed by atoms with Crippen LogP contribution in [0.2, 0.25) is 0 Å². The predicted molar refractivity (Wildman–Crippen MR) is 278 cm³/mol. The van der Waals surface area contributed by atoms with Gasteiger partial charge in [-0.1, -0.05) is 70.2 Å². The molecular formula is C56H66F2N10O6. The van der Waals surface area contributed by atoms with E-state index in [4.69, 9.17) is 14.7 Å². The molecule has 0 radical (unpaired) electrons. The van der Waals surface area contributed by atoms with Crippen molar-refractivity contribution in [3.63, 3.8) is 0 Å². The fourth-order valence-electron chi connectivity index (χ4n) is 12.3. The Kier molecular flexibility index (Phi) is 14.0. The van der Waals surface area contributed by atoms with Crippen LogP contribution in [0.5, 0.6) is 0 Å². The molecule has 18 heteroatoms. The van der Waals surface area contributed by atoms with Gasteiger partial charge >= 0.3 is 12.2 Å². The summed E-state index contributed by atoms with van der Waals surface area (Å²) in [6.07, 6.45) is 3.15. The number of carbonyl (C=O) groups is 4. The van der Waals surface area contributed by atoms with Crippen molar-refractivity contribution in [2.45, 2.75) is 115 Å². The Bertz CT molecular complexity index is 3050. The molecule has 10 rings (SSSR count). The summed E-state index contributed by atoms with van der Waals surface area (Å²) in [5.74, 6) is -0.699. The molecule has 74 heavy (non-hydrogen) atoms. The van der Waals surface area contributed by atoms with E-state index in [2.05, 4.69) is 38.4 Å². The minimum absolute atomic E-state index is 0.0220. The highest BCUT2D eigenvalue weighted by Crippen LogP contribution is 2.49. The topological polar surface area (TPSA) is 183 Å². The maximum Gasteiger partial charge on any atom is 0.407 e. The molecule has 0 aliphatic carbocycles. The van der Waals surface area contributed by atoms with Crippen molar-refractivity contribution in [2.75, 3.05) is 50.1 Å². The first kappa shape index (κ1) is 50.3. The summed E-state index contributed by atoms with van der Waals surface area (Å²) in [4.78, 5) is 77.8. The largest absolute Gasteiger partial charge is 0.465 e. The number of carbonyl (C=O) groups excluding carboxylic acids is 3. The average Bonchev–Trinajstić information content (AvgIpc) is 4.25. The van der Waals surface area contributed by atoms with Crippen LogP contribution in [0.3, 0.4) is 0 Å². The number of anilines is 2. The maximum absolute atomic E-state index is 16.8. The average molecular weight is 1010 g/mol. The highest BCUT2D eigenvalue weighted by molar-refractivity contribution is 5.87. The van der Waals surface area contributed by atoms with Crippen LogP contribution in [0.15, 0.2) is 78.9 Å². The third-order valence-electron chi connectivity index (χ3n) is 16.0. The van der Waals surface area contributed by atoms with Gasteiger partial charge in [-0.3, -0.25) is 14.5 Å². The van der Waals surface area contributed by atoms with Crippen LogP contribution in [-0.4, -0.2) is 116 Å². The van der Waals surface area contributed by atoms with Gasteiger partial charge in [0.05, 0.1) is 53.3 Å². The quantitative estimate of drug-likeness (QED) is 0.0869. The lowest BCUT2D eigenvalue weighted by molar-refractivity contribution is -0.138. The number of aromatic nitrogens is 4. The summed E-state index contributed by atoms with van der Waals surface area (Å²) in [6, 6.07) is 22.1. The number of likely N-dealkylation sites (N-methyl/N-ethyl adjacent to an activating group) is 1. The molecule has 390 valence electrons. The Hall–Kier alpha value is -7.24. The molecule has 4 amide bonds. The highest BCUT2D eigenvalue weighted by atomic mass is 19.1. The molecule has 7 atom stereocenters. The van der Waals surface area contributed by atoms with E-state index in [0.717, 1.165) is 57.4 Å². The molecule has 4 aliphatic rings. The summed E-state index contributed by atoms with van der Waals surface area (Å²) >= 11 is 0. The number of ether oxygens (including phenoxy) is 1. The number of amides is 4. The number of carboxylic acid groups (broad SMARTS) is 1. The number of alkyl carbamates (subject to hydrolysis) is 1. The Morgan fingerprint density at radius 2 is 1.26 bits per heavy atom. The Labute approximate surface area is 429 Å². The lowest BCUT2D eigenvalue weighted by atomic mass is 9.99. The van der Waals surface area contributed by atoms with Crippen LogP contribution in [0.25, 0.3) is 22.1 Å². The first-order valence-electron chi connectivity index (χ1n) is 26.1. The number of halogens is 2.